The molecule has 0 radical (unpaired) electrons. The minimum absolute atomic E-state index is 0.0680. The maximum atomic E-state index is 13.1. The Morgan fingerprint density at radius 2 is 1.97 bits per heavy atom. The van der Waals surface area contributed by atoms with Crippen molar-refractivity contribution in [2.24, 2.45) is 5.92 Å². The van der Waals surface area contributed by atoms with Crippen molar-refractivity contribution in [3.63, 3.8) is 0 Å². The van der Waals surface area contributed by atoms with Gasteiger partial charge in [-0.25, -0.2) is 0 Å². The summed E-state index contributed by atoms with van der Waals surface area (Å²) in [5, 5.41) is 13.2. The highest BCUT2D eigenvalue weighted by atomic mass is 16.7. The molecule has 2 heterocycles. The molecule has 0 bridgehead atoms. The van der Waals surface area contributed by atoms with Crippen LogP contribution in [0.4, 0.5) is 11.4 Å². The van der Waals surface area contributed by atoms with Gasteiger partial charge in [-0.2, -0.15) is 0 Å². The number of hydrogen-bond donors (Lipinski definition) is 3. The third-order valence-electron chi connectivity index (χ3n) is 5.71. The van der Waals surface area contributed by atoms with E-state index in [0.29, 0.717) is 30.8 Å². The summed E-state index contributed by atoms with van der Waals surface area (Å²) < 4.78 is 17.7. The summed E-state index contributed by atoms with van der Waals surface area (Å²) in [5.41, 5.74) is 8.70. The predicted octanol–water partition coefficient (Wildman–Crippen LogP) is 4.40. The number of hydrogen-bond acceptors (Lipinski definition) is 6. The van der Waals surface area contributed by atoms with Crippen molar-refractivity contribution < 1.29 is 23.8 Å². The number of nitrogens with two attached hydrogens (primary N) is 1. The lowest BCUT2D eigenvalue weighted by molar-refractivity contribution is -0.164. The Kier molecular flexibility index (Phi) is 6.78. The molecule has 0 aliphatic carbocycles. The fourth-order valence-electron chi connectivity index (χ4n) is 4.17. The van der Waals surface area contributed by atoms with Crippen molar-refractivity contribution in [1.82, 2.24) is 0 Å². The first-order valence-corrected chi connectivity index (χ1v) is 10.8. The van der Waals surface area contributed by atoms with Crippen molar-refractivity contribution in [3.05, 3.63) is 72.2 Å². The van der Waals surface area contributed by atoms with Crippen LogP contribution in [0.15, 0.2) is 71.0 Å². The Morgan fingerprint density at radius 3 is 2.75 bits per heavy atom. The largest absolute Gasteiger partial charge is 0.464 e. The summed E-state index contributed by atoms with van der Waals surface area (Å²) >= 11 is 0. The van der Waals surface area contributed by atoms with Crippen LogP contribution in [0.2, 0.25) is 0 Å². The Hall–Kier alpha value is -3.29. The number of nitrogen functional groups attached to an aromatic ring is 1. The zero-order chi connectivity index (χ0) is 22.5. The van der Waals surface area contributed by atoms with Crippen LogP contribution >= 0.6 is 0 Å². The molecule has 0 fully saturated rings. The number of rotatable bonds is 8. The Bertz CT molecular complexity index is 1110. The summed E-state index contributed by atoms with van der Waals surface area (Å²) in [5.74, 6) is -0.515. The monoisotopic (exact) mass is 436 g/mol. The van der Waals surface area contributed by atoms with Crippen LogP contribution in [0, 0.1) is 5.92 Å². The van der Waals surface area contributed by atoms with Gasteiger partial charge in [0.1, 0.15) is 5.58 Å². The molecule has 32 heavy (non-hydrogen) atoms. The van der Waals surface area contributed by atoms with Gasteiger partial charge in [-0.3, -0.25) is 4.79 Å². The number of benzene rings is 2. The Morgan fingerprint density at radius 1 is 1.19 bits per heavy atom. The number of carbonyl (C=O) groups is 1. The summed E-state index contributed by atoms with van der Waals surface area (Å²) in [4.78, 5) is 13.1. The van der Waals surface area contributed by atoms with E-state index in [0.717, 1.165) is 16.5 Å². The molecule has 0 saturated carbocycles. The Labute approximate surface area is 186 Å². The zero-order valence-electron chi connectivity index (χ0n) is 18.0. The maximum Gasteiger partial charge on any atom is 0.290 e. The van der Waals surface area contributed by atoms with Gasteiger partial charge in [0, 0.05) is 36.0 Å². The molecule has 1 aromatic heterocycles. The lowest BCUT2D eigenvalue weighted by atomic mass is 9.80. The highest BCUT2D eigenvalue weighted by Gasteiger charge is 2.39. The third-order valence-corrected chi connectivity index (χ3v) is 5.71. The second-order valence-corrected chi connectivity index (χ2v) is 7.76. The molecule has 4 rings (SSSR count). The van der Waals surface area contributed by atoms with Gasteiger partial charge in [0.05, 0.1) is 17.6 Å². The first-order chi connectivity index (χ1) is 15.6. The van der Waals surface area contributed by atoms with E-state index in [2.05, 4.69) is 5.32 Å². The summed E-state index contributed by atoms with van der Waals surface area (Å²) in [7, 11) is 0. The van der Waals surface area contributed by atoms with E-state index in [9.17, 15) is 9.90 Å². The maximum absolute atomic E-state index is 13.1. The molecule has 4 N–H and O–H groups in total. The minimum Gasteiger partial charge on any atom is -0.464 e. The highest BCUT2D eigenvalue weighted by molar-refractivity contribution is 6.04. The molecule has 2 aromatic carbocycles. The third kappa shape index (κ3) is 4.49. The number of allylic oxidation sites excluding steroid dienone is 1. The number of amides is 1. The molecule has 0 spiro atoms. The van der Waals surface area contributed by atoms with E-state index in [1.54, 1.807) is 30.5 Å². The predicted molar refractivity (Wildman–Crippen MR) is 123 cm³/mol. The van der Waals surface area contributed by atoms with Crippen LogP contribution in [0.1, 0.15) is 31.2 Å². The van der Waals surface area contributed by atoms with Crippen molar-refractivity contribution in [3.8, 4) is 0 Å². The molecule has 168 valence electrons. The van der Waals surface area contributed by atoms with Gasteiger partial charge in [-0.15, -0.1) is 0 Å². The summed E-state index contributed by atoms with van der Waals surface area (Å²) in [6.07, 6.45) is 4.19. The average Bonchev–Trinajstić information content (AvgIpc) is 3.23. The van der Waals surface area contributed by atoms with E-state index >= 15 is 0 Å². The smallest absolute Gasteiger partial charge is 0.290 e. The van der Waals surface area contributed by atoms with E-state index < -0.39 is 12.2 Å². The van der Waals surface area contributed by atoms with Crippen LogP contribution < -0.4 is 11.1 Å². The molecule has 1 amide bonds. The van der Waals surface area contributed by atoms with E-state index in [4.69, 9.17) is 19.6 Å². The van der Waals surface area contributed by atoms with Crippen LogP contribution in [0.25, 0.3) is 11.0 Å². The van der Waals surface area contributed by atoms with Crippen LogP contribution in [-0.2, 0) is 14.3 Å². The first kappa shape index (κ1) is 21.9. The van der Waals surface area contributed by atoms with Gasteiger partial charge in [-0.1, -0.05) is 30.3 Å². The molecular weight excluding hydrogens is 408 g/mol. The van der Waals surface area contributed by atoms with Crippen molar-refractivity contribution >= 4 is 28.3 Å². The molecule has 1 aliphatic rings. The molecule has 7 heteroatoms. The molecule has 7 nitrogen and oxygen atoms in total. The molecule has 0 saturated heterocycles. The number of furan rings is 1. The molecule has 1 aliphatic heterocycles. The number of aliphatic hydroxyl groups excluding tert-OH is 1. The lowest BCUT2D eigenvalue weighted by Gasteiger charge is -2.36. The number of nitrogens with one attached hydrogen (secondary N) is 1. The summed E-state index contributed by atoms with van der Waals surface area (Å²) in [6, 6.07) is 14.9. The SMILES string of the molecule is CCO[C@H]1OC(C(=O)Nc2ccccc2N)=C[C@@H](c2coc3ccccc23)[C@H]1CCCO. The number of anilines is 2. The van der Waals surface area contributed by atoms with Crippen molar-refractivity contribution in [1.29, 1.82) is 0 Å². The zero-order valence-corrected chi connectivity index (χ0v) is 18.0. The quantitative estimate of drug-likeness (QED) is 0.452. The van der Waals surface area contributed by atoms with E-state index in [1.165, 1.54) is 0 Å². The normalized spacial score (nSPS) is 20.6. The van der Waals surface area contributed by atoms with E-state index in [-0.39, 0.29) is 24.2 Å². The van der Waals surface area contributed by atoms with E-state index in [1.807, 2.05) is 37.3 Å². The van der Waals surface area contributed by atoms with Gasteiger partial charge >= 0.3 is 0 Å². The Balaban J connectivity index is 1.73. The van der Waals surface area contributed by atoms with Crippen molar-refractivity contribution in [2.45, 2.75) is 32.0 Å². The number of para-hydroxylation sites is 3. The van der Waals surface area contributed by atoms with Gasteiger partial charge in [0.15, 0.2) is 5.76 Å². The highest BCUT2D eigenvalue weighted by Crippen LogP contribution is 2.42. The van der Waals surface area contributed by atoms with Gasteiger partial charge in [-0.05, 0) is 44.0 Å². The van der Waals surface area contributed by atoms with Gasteiger partial charge in [0.25, 0.3) is 5.91 Å². The van der Waals surface area contributed by atoms with Crippen LogP contribution in [-0.4, -0.2) is 30.5 Å². The fourth-order valence-corrected chi connectivity index (χ4v) is 4.17. The van der Waals surface area contributed by atoms with Gasteiger partial charge in [0.2, 0.25) is 6.29 Å². The number of ether oxygens (including phenoxy) is 2. The summed E-state index contributed by atoms with van der Waals surface area (Å²) in [6.45, 7) is 2.38. The second-order valence-electron chi connectivity index (χ2n) is 7.76. The fraction of sp³-hybridized carbons (Fsp3) is 0.320. The molecular formula is C25H28N2O5. The second kappa shape index (κ2) is 9.89. The van der Waals surface area contributed by atoms with Crippen LogP contribution in [0.3, 0.4) is 0 Å². The average molecular weight is 437 g/mol. The van der Waals surface area contributed by atoms with Gasteiger partial charge < -0.3 is 30.0 Å². The first-order valence-electron chi connectivity index (χ1n) is 10.8. The van der Waals surface area contributed by atoms with Crippen LogP contribution in [0.5, 0.6) is 0 Å². The number of aliphatic hydroxyl groups is 1. The standard InChI is InChI=1S/C25H28N2O5/c1-2-30-25-17(9-7-13-28)18(19-15-31-22-12-6-3-8-16(19)22)14-23(32-25)24(29)27-21-11-5-4-10-20(21)26/h3-6,8,10-12,14-15,17-18,25,28H,2,7,9,13,26H2,1H3,(H,27,29)/t17-,18-,25+/m1/s1. The number of carbonyl (C=O) groups excluding carboxylic acids is 1. The minimum atomic E-state index is -0.635. The van der Waals surface area contributed by atoms with Crippen molar-refractivity contribution in [2.75, 3.05) is 24.3 Å². The molecule has 0 unspecified atom stereocenters. The number of fused-ring (bicyclic) bond motifs is 1. The topological polar surface area (TPSA) is 107 Å². The molecule has 3 aromatic rings. The molecule has 3 atom stereocenters. The lowest BCUT2D eigenvalue weighted by Crippen LogP contribution is -2.37.